The van der Waals surface area contributed by atoms with Crippen molar-refractivity contribution < 1.29 is 17.9 Å². The number of benzene rings is 4. The smallest absolute Gasteiger partial charge is 0.210 e. The summed E-state index contributed by atoms with van der Waals surface area (Å²) in [4.78, 5) is 0.181. The molecule has 4 rings (SSSR count). The third-order valence-electron chi connectivity index (χ3n) is 5.29. The monoisotopic (exact) mass is 478 g/mol. The summed E-state index contributed by atoms with van der Waals surface area (Å²) in [6.07, 6.45) is 10.9. The van der Waals surface area contributed by atoms with Gasteiger partial charge < -0.3 is 9.47 Å². The van der Waals surface area contributed by atoms with Crippen molar-refractivity contribution in [2.45, 2.75) is 23.6 Å². The quantitative estimate of drug-likeness (QED) is 0.290. The van der Waals surface area contributed by atoms with E-state index >= 15 is 0 Å². The van der Waals surface area contributed by atoms with E-state index in [9.17, 15) is 8.42 Å². The molecule has 0 unspecified atom stereocenters. The van der Waals surface area contributed by atoms with Gasteiger partial charge in [-0.2, -0.15) is 0 Å². The molecule has 5 heteroatoms. The molecule has 0 fully saturated rings. The van der Waals surface area contributed by atoms with Crippen molar-refractivity contribution in [1.82, 2.24) is 0 Å². The molecule has 0 bridgehead atoms. The fourth-order valence-electron chi connectivity index (χ4n) is 3.57. The molecule has 0 aliphatic carbocycles. The van der Waals surface area contributed by atoms with Gasteiger partial charge in [0.25, 0.3) is 0 Å². The molecule has 0 atom stereocenters. The van der Waals surface area contributed by atoms with Gasteiger partial charge in [-0.1, -0.05) is 24.0 Å². The highest BCUT2D eigenvalue weighted by molar-refractivity contribution is 7.91. The number of terminal acetylenes is 2. The molecule has 0 saturated carbocycles. The zero-order valence-electron chi connectivity index (χ0n) is 19.3. The number of hydrogen-bond acceptors (Lipinski definition) is 4. The van der Waals surface area contributed by atoms with Crippen LogP contribution in [-0.4, -0.2) is 8.42 Å². The lowest BCUT2D eigenvalue weighted by molar-refractivity contribution is 0.464. The average Bonchev–Trinajstić information content (AvgIpc) is 2.85. The summed E-state index contributed by atoms with van der Waals surface area (Å²) in [5, 5.41) is 0. The fourth-order valence-corrected chi connectivity index (χ4v) is 4.95. The van der Waals surface area contributed by atoms with Crippen molar-refractivity contribution in [2.75, 3.05) is 0 Å². The molecule has 0 N–H and O–H groups in total. The molecule has 4 aromatic rings. The van der Waals surface area contributed by atoms with Gasteiger partial charge in [0.1, 0.15) is 27.9 Å². The molecule has 4 aromatic carbocycles. The third-order valence-corrected chi connectivity index (χ3v) is 7.10. The van der Waals surface area contributed by atoms with Crippen LogP contribution in [0.5, 0.6) is 23.0 Å². The molecule has 0 aromatic heterocycles. The molecule has 0 aliphatic heterocycles. The van der Waals surface area contributed by atoms with E-state index in [1.807, 2.05) is 32.0 Å². The number of aryl methyl sites for hydroxylation is 2. The maximum absolute atomic E-state index is 13.5. The van der Waals surface area contributed by atoms with Crippen molar-refractivity contribution in [3.8, 4) is 47.7 Å². The number of rotatable bonds is 6. The molecule has 172 valence electrons. The van der Waals surface area contributed by atoms with Gasteiger partial charge in [0, 0.05) is 11.1 Å². The van der Waals surface area contributed by atoms with E-state index in [-0.39, 0.29) is 15.5 Å². The van der Waals surface area contributed by atoms with Gasteiger partial charge in [-0.3, -0.25) is 0 Å². The summed E-state index contributed by atoms with van der Waals surface area (Å²) in [7, 11) is -3.86. The van der Waals surface area contributed by atoms with Crippen molar-refractivity contribution in [3.05, 3.63) is 107 Å². The summed E-state index contributed by atoms with van der Waals surface area (Å²) >= 11 is 0. The fraction of sp³-hybridized carbons (Fsp3) is 0.0667. The zero-order valence-corrected chi connectivity index (χ0v) is 20.1. The van der Waals surface area contributed by atoms with E-state index in [1.165, 1.54) is 18.2 Å². The Morgan fingerprint density at radius 2 is 1.40 bits per heavy atom. The van der Waals surface area contributed by atoms with Crippen LogP contribution in [0, 0.1) is 38.5 Å². The second-order valence-corrected chi connectivity index (χ2v) is 9.85. The first-order valence-corrected chi connectivity index (χ1v) is 12.2. The van der Waals surface area contributed by atoms with Gasteiger partial charge in [-0.05, 0) is 97.8 Å². The lowest BCUT2D eigenvalue weighted by atomic mass is 10.1. The molecule has 4 nitrogen and oxygen atoms in total. The standard InChI is InChI=1S/C30H22O4S/c1-5-23-11-16-28(22(4)19-23)34-29-9-7-8-10-30(29)35(31,32)27-14-12-25(13-15-27)33-26-18-21(3)17-24(6-2)20-26/h1-2,7-20H,3-4H3. The van der Waals surface area contributed by atoms with Gasteiger partial charge in [-0.25, -0.2) is 8.42 Å². The van der Waals surface area contributed by atoms with Crippen LogP contribution in [-0.2, 0) is 9.84 Å². The second-order valence-electron chi connectivity index (χ2n) is 7.93. The molecule has 0 radical (unpaired) electrons. The van der Waals surface area contributed by atoms with Crippen LogP contribution < -0.4 is 9.47 Å². The second kappa shape index (κ2) is 9.81. The Morgan fingerprint density at radius 3 is 2.09 bits per heavy atom. The first-order chi connectivity index (χ1) is 16.8. The van der Waals surface area contributed by atoms with E-state index in [1.54, 1.807) is 48.5 Å². The molecule has 0 amide bonds. The van der Waals surface area contributed by atoms with Gasteiger partial charge >= 0.3 is 0 Å². The van der Waals surface area contributed by atoms with E-state index < -0.39 is 9.84 Å². The Kier molecular flexibility index (Phi) is 6.64. The summed E-state index contributed by atoms with van der Waals surface area (Å²) in [6, 6.07) is 23.5. The summed E-state index contributed by atoms with van der Waals surface area (Å²) < 4.78 is 38.8. The van der Waals surface area contributed by atoms with Crippen LogP contribution in [0.3, 0.4) is 0 Å². The first kappa shape index (κ1) is 23.7. The molecule has 0 heterocycles. The van der Waals surface area contributed by atoms with Crippen LogP contribution >= 0.6 is 0 Å². The predicted molar refractivity (Wildman–Crippen MR) is 137 cm³/mol. The highest BCUT2D eigenvalue weighted by Gasteiger charge is 2.23. The lowest BCUT2D eigenvalue weighted by Crippen LogP contribution is -2.04. The van der Waals surface area contributed by atoms with Gasteiger partial charge in [0.2, 0.25) is 9.84 Å². The molecule has 0 saturated heterocycles. The molecular formula is C30H22O4S. The molecule has 0 spiro atoms. The summed E-state index contributed by atoms with van der Waals surface area (Å²) in [5.74, 6) is 7.00. The number of sulfone groups is 1. The van der Waals surface area contributed by atoms with Crippen molar-refractivity contribution >= 4 is 9.84 Å². The maximum atomic E-state index is 13.5. The highest BCUT2D eigenvalue weighted by atomic mass is 32.2. The summed E-state index contributed by atoms with van der Waals surface area (Å²) in [5.41, 5.74) is 3.20. The minimum atomic E-state index is -3.86. The third kappa shape index (κ3) is 5.22. The van der Waals surface area contributed by atoms with Crippen LogP contribution in [0.15, 0.2) is 94.7 Å². The van der Waals surface area contributed by atoms with Crippen molar-refractivity contribution in [1.29, 1.82) is 0 Å². The summed E-state index contributed by atoms with van der Waals surface area (Å²) in [6.45, 7) is 3.78. The number of ether oxygens (including phenoxy) is 2. The first-order valence-electron chi connectivity index (χ1n) is 10.8. The predicted octanol–water partition coefficient (Wildman–Crippen LogP) is 6.68. The lowest BCUT2D eigenvalue weighted by Gasteiger charge is -2.14. The number of para-hydroxylation sites is 1. The minimum Gasteiger partial charge on any atom is -0.457 e. The Labute approximate surface area is 206 Å². The van der Waals surface area contributed by atoms with Gasteiger partial charge in [0.15, 0.2) is 0 Å². The Hall–Kier alpha value is -4.45. The highest BCUT2D eigenvalue weighted by Crippen LogP contribution is 2.35. The van der Waals surface area contributed by atoms with E-state index in [4.69, 9.17) is 22.3 Å². The topological polar surface area (TPSA) is 52.6 Å². The Bertz CT molecular complexity index is 1590. The normalized spacial score (nSPS) is 10.7. The Balaban J connectivity index is 1.62. The van der Waals surface area contributed by atoms with Crippen molar-refractivity contribution in [3.63, 3.8) is 0 Å². The molecule has 0 aliphatic rings. The SMILES string of the molecule is C#Cc1cc(C)cc(Oc2ccc(S(=O)(=O)c3ccccc3Oc3ccc(C#C)cc3C)cc2)c1. The van der Waals surface area contributed by atoms with Gasteiger partial charge in [0.05, 0.1) is 4.90 Å². The van der Waals surface area contributed by atoms with Crippen LogP contribution in [0.2, 0.25) is 0 Å². The number of hydrogen-bond donors (Lipinski definition) is 0. The van der Waals surface area contributed by atoms with Crippen LogP contribution in [0.1, 0.15) is 22.3 Å². The van der Waals surface area contributed by atoms with Gasteiger partial charge in [-0.15, -0.1) is 12.8 Å². The van der Waals surface area contributed by atoms with E-state index in [0.29, 0.717) is 22.8 Å². The zero-order chi connectivity index (χ0) is 25.0. The van der Waals surface area contributed by atoms with E-state index in [2.05, 4.69) is 11.8 Å². The Morgan fingerprint density at radius 1 is 0.686 bits per heavy atom. The van der Waals surface area contributed by atoms with Crippen LogP contribution in [0.4, 0.5) is 0 Å². The largest absolute Gasteiger partial charge is 0.457 e. The van der Waals surface area contributed by atoms with E-state index in [0.717, 1.165) is 16.7 Å². The average molecular weight is 479 g/mol. The minimum absolute atomic E-state index is 0.0615. The maximum Gasteiger partial charge on any atom is 0.210 e. The molecular weight excluding hydrogens is 456 g/mol. The van der Waals surface area contributed by atoms with Crippen LogP contribution in [0.25, 0.3) is 0 Å². The van der Waals surface area contributed by atoms with Crippen molar-refractivity contribution in [2.24, 2.45) is 0 Å². The molecule has 35 heavy (non-hydrogen) atoms.